The average molecular weight is 265 g/mol. The van der Waals surface area contributed by atoms with Crippen LogP contribution in [-0.4, -0.2) is 10.9 Å². The van der Waals surface area contributed by atoms with E-state index in [-0.39, 0.29) is 10.6 Å². The number of hydrogen-bond donors (Lipinski definition) is 1. The Kier molecular flexibility index (Phi) is 3.58. The number of rotatable bonds is 2. The van der Waals surface area contributed by atoms with E-state index in [2.05, 4.69) is 10.3 Å². The number of anilines is 1. The van der Waals surface area contributed by atoms with Crippen molar-refractivity contribution in [3.05, 3.63) is 58.6 Å². The molecule has 0 spiro atoms. The van der Waals surface area contributed by atoms with E-state index in [1.165, 1.54) is 12.1 Å². The summed E-state index contributed by atoms with van der Waals surface area (Å²) in [6.45, 7) is 1.81. The molecule has 0 aliphatic rings. The van der Waals surface area contributed by atoms with Crippen LogP contribution < -0.4 is 5.32 Å². The van der Waals surface area contributed by atoms with Gasteiger partial charge in [-0.05, 0) is 36.8 Å². The molecule has 0 unspecified atom stereocenters. The van der Waals surface area contributed by atoms with Gasteiger partial charge in [0, 0.05) is 23.1 Å². The van der Waals surface area contributed by atoms with Gasteiger partial charge >= 0.3 is 0 Å². The Labute approximate surface area is 109 Å². The summed E-state index contributed by atoms with van der Waals surface area (Å²) in [4.78, 5) is 15.8. The van der Waals surface area contributed by atoms with Crippen molar-refractivity contribution >= 4 is 23.2 Å². The van der Waals surface area contributed by atoms with Crippen LogP contribution in [0.4, 0.5) is 10.1 Å². The van der Waals surface area contributed by atoms with E-state index in [1.807, 2.05) is 0 Å². The van der Waals surface area contributed by atoms with Gasteiger partial charge in [0.15, 0.2) is 0 Å². The van der Waals surface area contributed by atoms with Crippen LogP contribution >= 0.6 is 11.6 Å². The number of carbonyl (C=O) groups excluding carboxylic acids is 1. The minimum atomic E-state index is -0.647. The number of carbonyl (C=O) groups is 1. The zero-order chi connectivity index (χ0) is 13.1. The fourth-order valence-corrected chi connectivity index (χ4v) is 1.64. The van der Waals surface area contributed by atoms with Gasteiger partial charge in [-0.15, -0.1) is 0 Å². The first-order valence-corrected chi connectivity index (χ1v) is 5.63. The Morgan fingerprint density at radius 1 is 1.39 bits per heavy atom. The number of aromatic nitrogens is 1. The van der Waals surface area contributed by atoms with E-state index in [0.29, 0.717) is 5.69 Å². The van der Waals surface area contributed by atoms with Gasteiger partial charge in [-0.1, -0.05) is 11.6 Å². The van der Waals surface area contributed by atoms with Gasteiger partial charge in [0.05, 0.1) is 5.56 Å². The second-order valence-electron chi connectivity index (χ2n) is 3.77. The summed E-state index contributed by atoms with van der Waals surface area (Å²) >= 11 is 5.63. The fraction of sp³-hybridized carbons (Fsp3) is 0.0769. The van der Waals surface area contributed by atoms with E-state index in [9.17, 15) is 9.18 Å². The van der Waals surface area contributed by atoms with E-state index in [4.69, 9.17) is 11.6 Å². The molecule has 0 bridgehead atoms. The molecule has 0 aliphatic heterocycles. The highest BCUT2D eigenvalue weighted by Gasteiger charge is 2.12. The van der Waals surface area contributed by atoms with E-state index < -0.39 is 11.7 Å². The molecule has 1 heterocycles. The van der Waals surface area contributed by atoms with Crippen molar-refractivity contribution in [2.75, 3.05) is 5.32 Å². The van der Waals surface area contributed by atoms with Crippen molar-refractivity contribution in [2.45, 2.75) is 6.92 Å². The van der Waals surface area contributed by atoms with Gasteiger partial charge in [-0.3, -0.25) is 9.78 Å². The molecule has 1 aromatic carbocycles. The molecule has 1 amide bonds. The topological polar surface area (TPSA) is 42.0 Å². The first-order valence-electron chi connectivity index (χ1n) is 5.25. The number of nitrogens with one attached hydrogen (secondary N) is 1. The molecule has 0 atom stereocenters. The normalized spacial score (nSPS) is 10.2. The second kappa shape index (κ2) is 5.14. The Morgan fingerprint density at radius 2 is 2.17 bits per heavy atom. The summed E-state index contributed by atoms with van der Waals surface area (Å²) in [7, 11) is 0. The van der Waals surface area contributed by atoms with Crippen LogP contribution in [-0.2, 0) is 0 Å². The predicted octanol–water partition coefficient (Wildman–Crippen LogP) is 3.43. The molecule has 92 valence electrons. The standard InChI is InChI=1S/C13H10ClFN2O/c1-8-7-16-5-4-12(8)17-13(18)10-3-2-9(14)6-11(10)15/h2-7H,1H3,(H,16,17,18). The molecule has 2 rings (SSSR count). The molecule has 0 fully saturated rings. The molecule has 1 N–H and O–H groups in total. The fourth-order valence-electron chi connectivity index (χ4n) is 1.48. The van der Waals surface area contributed by atoms with E-state index in [1.54, 1.807) is 25.4 Å². The van der Waals surface area contributed by atoms with Crippen LogP contribution in [0.1, 0.15) is 15.9 Å². The predicted molar refractivity (Wildman–Crippen MR) is 68.3 cm³/mol. The molecule has 2 aromatic rings. The third kappa shape index (κ3) is 2.65. The van der Waals surface area contributed by atoms with Crippen molar-refractivity contribution in [1.29, 1.82) is 0 Å². The third-order valence-corrected chi connectivity index (χ3v) is 2.68. The molecule has 18 heavy (non-hydrogen) atoms. The lowest BCUT2D eigenvalue weighted by atomic mass is 10.2. The van der Waals surface area contributed by atoms with Crippen LogP contribution in [0.3, 0.4) is 0 Å². The number of aryl methyl sites for hydroxylation is 1. The highest BCUT2D eigenvalue weighted by Crippen LogP contribution is 2.17. The highest BCUT2D eigenvalue weighted by molar-refractivity contribution is 6.30. The molecule has 0 aliphatic carbocycles. The monoisotopic (exact) mass is 264 g/mol. The summed E-state index contributed by atoms with van der Waals surface area (Å²) in [5.74, 6) is -1.16. The summed E-state index contributed by atoms with van der Waals surface area (Å²) < 4.78 is 13.5. The third-order valence-electron chi connectivity index (χ3n) is 2.44. The number of benzene rings is 1. The first kappa shape index (κ1) is 12.5. The van der Waals surface area contributed by atoms with Crippen molar-refractivity contribution < 1.29 is 9.18 Å². The van der Waals surface area contributed by atoms with Gasteiger partial charge in [0.1, 0.15) is 5.82 Å². The Balaban J connectivity index is 2.25. The summed E-state index contributed by atoms with van der Waals surface area (Å²) in [6, 6.07) is 5.58. The summed E-state index contributed by atoms with van der Waals surface area (Å²) in [6.07, 6.45) is 3.18. The van der Waals surface area contributed by atoms with Crippen molar-refractivity contribution in [2.24, 2.45) is 0 Å². The number of halogens is 2. The molecule has 0 radical (unpaired) electrons. The molecule has 3 nitrogen and oxygen atoms in total. The second-order valence-corrected chi connectivity index (χ2v) is 4.21. The maximum absolute atomic E-state index is 13.5. The van der Waals surface area contributed by atoms with Gasteiger partial charge in [0.25, 0.3) is 5.91 Å². The smallest absolute Gasteiger partial charge is 0.258 e. The number of hydrogen-bond acceptors (Lipinski definition) is 2. The Hall–Kier alpha value is -1.94. The number of nitrogens with zero attached hydrogens (tertiary/aromatic N) is 1. The van der Waals surface area contributed by atoms with Crippen molar-refractivity contribution in [1.82, 2.24) is 4.98 Å². The van der Waals surface area contributed by atoms with Crippen molar-refractivity contribution in [3.63, 3.8) is 0 Å². The molecule has 5 heteroatoms. The van der Waals surface area contributed by atoms with Gasteiger partial charge in [-0.2, -0.15) is 0 Å². The zero-order valence-corrected chi connectivity index (χ0v) is 10.3. The lowest BCUT2D eigenvalue weighted by Crippen LogP contribution is -2.14. The lowest BCUT2D eigenvalue weighted by Gasteiger charge is -2.08. The Morgan fingerprint density at radius 3 is 2.83 bits per heavy atom. The molecular formula is C13H10ClFN2O. The van der Waals surface area contributed by atoms with Crippen LogP contribution in [0.25, 0.3) is 0 Å². The number of pyridine rings is 1. The Bertz CT molecular complexity index is 601. The van der Waals surface area contributed by atoms with Gasteiger partial charge in [-0.25, -0.2) is 4.39 Å². The van der Waals surface area contributed by atoms with E-state index in [0.717, 1.165) is 11.6 Å². The maximum atomic E-state index is 13.5. The largest absolute Gasteiger partial charge is 0.322 e. The quantitative estimate of drug-likeness (QED) is 0.903. The van der Waals surface area contributed by atoms with Crippen LogP contribution in [0.5, 0.6) is 0 Å². The van der Waals surface area contributed by atoms with E-state index >= 15 is 0 Å². The summed E-state index contributed by atoms with van der Waals surface area (Å²) in [5.41, 5.74) is 1.36. The van der Waals surface area contributed by atoms with Gasteiger partial charge < -0.3 is 5.32 Å². The average Bonchev–Trinajstić information content (AvgIpc) is 2.32. The lowest BCUT2D eigenvalue weighted by molar-refractivity contribution is 0.102. The zero-order valence-electron chi connectivity index (χ0n) is 9.58. The van der Waals surface area contributed by atoms with Crippen LogP contribution in [0.15, 0.2) is 36.7 Å². The van der Waals surface area contributed by atoms with Gasteiger partial charge in [0.2, 0.25) is 0 Å². The molecular weight excluding hydrogens is 255 g/mol. The first-order chi connectivity index (χ1) is 8.58. The maximum Gasteiger partial charge on any atom is 0.258 e. The van der Waals surface area contributed by atoms with Crippen LogP contribution in [0.2, 0.25) is 5.02 Å². The molecule has 0 saturated heterocycles. The molecule has 0 saturated carbocycles. The minimum absolute atomic E-state index is 0.0457. The number of amides is 1. The van der Waals surface area contributed by atoms with Crippen LogP contribution in [0, 0.1) is 12.7 Å². The molecule has 1 aromatic heterocycles. The minimum Gasteiger partial charge on any atom is -0.322 e. The van der Waals surface area contributed by atoms with Crippen molar-refractivity contribution in [3.8, 4) is 0 Å². The highest BCUT2D eigenvalue weighted by atomic mass is 35.5. The summed E-state index contributed by atoms with van der Waals surface area (Å²) in [5, 5.41) is 2.88. The SMILES string of the molecule is Cc1cnccc1NC(=O)c1ccc(Cl)cc1F.